The molecule has 92 valence electrons. The molecule has 0 aromatic heterocycles. The van der Waals surface area contributed by atoms with Gasteiger partial charge in [0.25, 0.3) is 0 Å². The second-order valence-electron chi connectivity index (χ2n) is 5.03. The van der Waals surface area contributed by atoms with E-state index in [1.807, 2.05) is 19.1 Å². The van der Waals surface area contributed by atoms with Gasteiger partial charge in [-0.05, 0) is 37.5 Å². The van der Waals surface area contributed by atoms with E-state index in [-0.39, 0.29) is 5.97 Å². The lowest BCUT2D eigenvalue weighted by molar-refractivity contribution is -0.155. The second kappa shape index (κ2) is 4.03. The highest BCUT2D eigenvalue weighted by Gasteiger charge is 2.36. The lowest BCUT2D eigenvalue weighted by atomic mass is 9.88. The lowest BCUT2D eigenvalue weighted by Gasteiger charge is -2.31. The number of cyclic esters (lactones) is 1. The summed E-state index contributed by atoms with van der Waals surface area (Å²) >= 11 is 6.03. The highest BCUT2D eigenvalue weighted by atomic mass is 35.5. The van der Waals surface area contributed by atoms with Crippen LogP contribution >= 0.6 is 11.6 Å². The summed E-state index contributed by atoms with van der Waals surface area (Å²) in [7, 11) is 0. The van der Waals surface area contributed by atoms with Crippen LogP contribution in [0.25, 0.3) is 0 Å². The molecule has 1 aromatic carbocycles. The molecule has 1 aliphatic heterocycles. The highest BCUT2D eigenvalue weighted by molar-refractivity contribution is 6.30. The second-order valence-corrected chi connectivity index (χ2v) is 5.47. The summed E-state index contributed by atoms with van der Waals surface area (Å²) in [6.07, 6.45) is 2.60. The third-order valence-electron chi connectivity index (χ3n) is 3.33. The molecular formula is C15H13ClO2. The number of esters is 1. The Morgan fingerprint density at radius 1 is 1.44 bits per heavy atom. The molecule has 0 radical (unpaired) electrons. The molecule has 2 aliphatic rings. The third-order valence-corrected chi connectivity index (χ3v) is 3.57. The van der Waals surface area contributed by atoms with Gasteiger partial charge in [0.05, 0.1) is 6.42 Å². The van der Waals surface area contributed by atoms with Gasteiger partial charge in [-0.2, -0.15) is 0 Å². The number of carbonyl (C=O) groups is 1. The predicted octanol–water partition coefficient (Wildman–Crippen LogP) is 3.07. The summed E-state index contributed by atoms with van der Waals surface area (Å²) in [6.45, 7) is 1.84. The molecule has 0 spiro atoms. The van der Waals surface area contributed by atoms with Crippen LogP contribution in [0.4, 0.5) is 0 Å². The Hall–Kier alpha value is -1.46. The van der Waals surface area contributed by atoms with Crippen molar-refractivity contribution >= 4 is 17.6 Å². The normalized spacial score (nSPS) is 25.8. The van der Waals surface area contributed by atoms with Crippen molar-refractivity contribution in [3.8, 4) is 11.8 Å². The number of ether oxygens (including phenoxy) is 1. The Balaban J connectivity index is 2.07. The Kier molecular flexibility index (Phi) is 2.60. The van der Waals surface area contributed by atoms with E-state index < -0.39 is 5.60 Å². The van der Waals surface area contributed by atoms with E-state index in [1.165, 1.54) is 0 Å². The van der Waals surface area contributed by atoms with E-state index >= 15 is 0 Å². The van der Waals surface area contributed by atoms with Crippen molar-refractivity contribution in [2.75, 3.05) is 0 Å². The Morgan fingerprint density at radius 3 is 2.94 bits per heavy atom. The zero-order valence-corrected chi connectivity index (χ0v) is 10.9. The van der Waals surface area contributed by atoms with Crippen molar-refractivity contribution in [2.45, 2.75) is 31.8 Å². The average Bonchev–Trinajstić information content (AvgIpc) is 3.12. The molecule has 0 bridgehead atoms. The summed E-state index contributed by atoms with van der Waals surface area (Å²) in [6, 6.07) is 5.54. The maximum Gasteiger partial charge on any atom is 0.312 e. The summed E-state index contributed by atoms with van der Waals surface area (Å²) in [5.74, 6) is 6.55. The average molecular weight is 261 g/mol. The fourth-order valence-corrected chi connectivity index (χ4v) is 2.35. The van der Waals surface area contributed by atoms with Crippen molar-refractivity contribution in [1.82, 2.24) is 0 Å². The number of hydrogen-bond acceptors (Lipinski definition) is 2. The number of hydrogen-bond donors (Lipinski definition) is 0. The van der Waals surface area contributed by atoms with E-state index in [1.54, 1.807) is 6.07 Å². The molecule has 2 nitrogen and oxygen atoms in total. The van der Waals surface area contributed by atoms with Crippen LogP contribution in [0.5, 0.6) is 0 Å². The van der Waals surface area contributed by atoms with E-state index in [0.717, 1.165) is 24.0 Å². The zero-order chi connectivity index (χ0) is 12.8. The van der Waals surface area contributed by atoms with Crippen LogP contribution in [-0.2, 0) is 21.6 Å². The van der Waals surface area contributed by atoms with Crippen LogP contribution in [0.3, 0.4) is 0 Å². The molecule has 0 unspecified atom stereocenters. The summed E-state index contributed by atoms with van der Waals surface area (Å²) in [5, 5.41) is 0.645. The molecule has 18 heavy (non-hydrogen) atoms. The fraction of sp³-hybridized carbons (Fsp3) is 0.400. The molecule has 1 saturated carbocycles. The maximum absolute atomic E-state index is 11.7. The first kappa shape index (κ1) is 11.6. The van der Waals surface area contributed by atoms with Crippen LogP contribution in [0.1, 0.15) is 30.9 Å². The Morgan fingerprint density at radius 2 is 2.22 bits per heavy atom. The van der Waals surface area contributed by atoms with Crippen molar-refractivity contribution in [3.63, 3.8) is 0 Å². The maximum atomic E-state index is 11.7. The van der Waals surface area contributed by atoms with Gasteiger partial charge >= 0.3 is 5.97 Å². The summed E-state index contributed by atoms with van der Waals surface area (Å²) < 4.78 is 5.46. The molecule has 1 fully saturated rings. The van der Waals surface area contributed by atoms with E-state index in [2.05, 4.69) is 11.8 Å². The number of carbonyl (C=O) groups excluding carboxylic acids is 1. The molecule has 0 amide bonds. The Bertz CT molecular complexity index is 578. The summed E-state index contributed by atoms with van der Waals surface area (Å²) in [5.41, 5.74) is 1.03. The molecule has 1 atom stereocenters. The van der Waals surface area contributed by atoms with Crippen molar-refractivity contribution in [3.05, 3.63) is 34.3 Å². The molecule has 1 heterocycles. The first-order chi connectivity index (χ1) is 8.57. The molecule has 0 saturated heterocycles. The molecule has 1 aromatic rings. The Labute approximate surface area is 111 Å². The van der Waals surface area contributed by atoms with Gasteiger partial charge in [0.2, 0.25) is 0 Å². The van der Waals surface area contributed by atoms with Crippen LogP contribution in [0, 0.1) is 17.8 Å². The predicted molar refractivity (Wildman–Crippen MR) is 69.1 cm³/mol. The topological polar surface area (TPSA) is 26.3 Å². The first-order valence-corrected chi connectivity index (χ1v) is 6.48. The quantitative estimate of drug-likeness (QED) is 0.529. The van der Waals surface area contributed by atoms with Gasteiger partial charge in [-0.3, -0.25) is 4.79 Å². The van der Waals surface area contributed by atoms with Crippen LogP contribution < -0.4 is 0 Å². The van der Waals surface area contributed by atoms with Crippen LogP contribution in [0.2, 0.25) is 5.02 Å². The van der Waals surface area contributed by atoms with Crippen LogP contribution in [-0.4, -0.2) is 5.97 Å². The fourth-order valence-electron chi connectivity index (χ4n) is 2.18. The molecule has 0 N–H and O–H groups in total. The molecular weight excluding hydrogens is 248 g/mol. The van der Waals surface area contributed by atoms with Gasteiger partial charge in [-0.15, -0.1) is 0 Å². The SMILES string of the molecule is C[C@@]1(C#CC2CC2)OC(=O)Cc2ccc(Cl)cc21. The van der Waals surface area contributed by atoms with Gasteiger partial charge in [-0.25, -0.2) is 0 Å². The largest absolute Gasteiger partial charge is 0.441 e. The lowest BCUT2D eigenvalue weighted by Crippen LogP contribution is -2.34. The first-order valence-electron chi connectivity index (χ1n) is 6.10. The minimum Gasteiger partial charge on any atom is -0.441 e. The van der Waals surface area contributed by atoms with Crippen molar-refractivity contribution in [2.24, 2.45) is 5.92 Å². The van der Waals surface area contributed by atoms with Gasteiger partial charge in [0.15, 0.2) is 5.60 Å². The van der Waals surface area contributed by atoms with Gasteiger partial charge < -0.3 is 4.74 Å². The number of rotatable bonds is 0. The van der Waals surface area contributed by atoms with Gasteiger partial charge in [0.1, 0.15) is 0 Å². The standard InChI is InChI=1S/C15H13ClO2/c1-15(7-6-10-2-3-10)13-9-12(16)5-4-11(13)8-14(17)18-15/h4-5,9-10H,2-3,8H2,1H3/t15-/m0/s1. The monoisotopic (exact) mass is 260 g/mol. The minimum absolute atomic E-state index is 0.225. The van der Waals surface area contributed by atoms with E-state index in [4.69, 9.17) is 16.3 Å². The molecule has 3 rings (SSSR count). The van der Waals surface area contributed by atoms with Gasteiger partial charge in [0, 0.05) is 16.5 Å². The third kappa shape index (κ3) is 2.11. The number of fused-ring (bicyclic) bond motifs is 1. The van der Waals surface area contributed by atoms with Crippen molar-refractivity contribution < 1.29 is 9.53 Å². The summed E-state index contributed by atoms with van der Waals surface area (Å²) in [4.78, 5) is 11.7. The van der Waals surface area contributed by atoms with Crippen LogP contribution in [0.15, 0.2) is 18.2 Å². The highest BCUT2D eigenvalue weighted by Crippen LogP contribution is 2.36. The van der Waals surface area contributed by atoms with E-state index in [0.29, 0.717) is 17.4 Å². The smallest absolute Gasteiger partial charge is 0.312 e. The zero-order valence-electron chi connectivity index (χ0n) is 10.1. The van der Waals surface area contributed by atoms with Crippen molar-refractivity contribution in [1.29, 1.82) is 0 Å². The number of benzene rings is 1. The molecule has 1 aliphatic carbocycles. The van der Waals surface area contributed by atoms with Gasteiger partial charge in [-0.1, -0.05) is 29.5 Å². The minimum atomic E-state index is -0.849. The molecule has 3 heteroatoms. The number of halogens is 1. The van der Waals surface area contributed by atoms with E-state index in [9.17, 15) is 4.79 Å².